The monoisotopic (exact) mass is 1850 g/mol. The largest absolute Gasteiger partial charge is 0.394 e. The summed E-state index contributed by atoms with van der Waals surface area (Å²) in [4.78, 5) is 64.3. The van der Waals surface area contributed by atoms with Crippen molar-refractivity contribution < 1.29 is 252 Å². The molecule has 56 nitrogen and oxygen atoms in total. The van der Waals surface area contributed by atoms with Crippen molar-refractivity contribution in [2.45, 2.75) is 335 Å². The molecule has 0 aliphatic carbocycles. The van der Waals surface area contributed by atoms with Gasteiger partial charge in [-0.25, -0.2) is 0 Å². The van der Waals surface area contributed by atoms with Gasteiger partial charge in [-0.05, 0) is 0 Å². The molecule has 0 aromatic heterocycles. The molecule has 126 heavy (non-hydrogen) atoms. The van der Waals surface area contributed by atoms with Crippen LogP contribution < -0.4 is 26.6 Å². The molecule has 9 fully saturated rings. The van der Waals surface area contributed by atoms with Gasteiger partial charge < -0.3 is 255 Å². The number of ether oxygens (including phenoxy) is 18. The smallest absolute Gasteiger partial charge is 0.217 e. The van der Waals surface area contributed by atoms with E-state index < -0.39 is 403 Å². The average Bonchev–Trinajstić information content (AvgIpc) is 0.759. The SMILES string of the molecule is CC(=O)NC(CO)C(O)C(OC1OC(CO)C(OC2OC(COC3OC(CO)C(O)C(O)C3OC3OC(CO)C(O)C(O)C3NC(C)=O)C(O)C(OC3OC(CO)C(OC4OC(CO)C(OC5OC(CO)C(O)C(O)C5O)C(O)C4NC(C)=O)C(O)C3OC3OC(CO)C(OC4OC(CO)C(O)C(O)C4O)C(O)C3NC(C)=O)C2O)C(O)C1NC(C)=O)C(O)CO. The normalized spacial score (nSPS) is 45.8. The van der Waals surface area contributed by atoms with Crippen LogP contribution in [0.2, 0.25) is 0 Å². The summed E-state index contributed by atoms with van der Waals surface area (Å²) in [6, 6.07) is -9.68. The van der Waals surface area contributed by atoms with Gasteiger partial charge in [0.05, 0.1) is 78.7 Å². The fourth-order valence-corrected chi connectivity index (χ4v) is 15.9. The summed E-state index contributed by atoms with van der Waals surface area (Å²) in [6.07, 6.45) is -96.2. The predicted octanol–water partition coefficient (Wildman–Crippen LogP) is -22.4. The number of aliphatic hydroxyl groups is 28. The summed E-state index contributed by atoms with van der Waals surface area (Å²) in [5.74, 6) is -4.80. The molecule has 49 unspecified atom stereocenters. The zero-order valence-electron chi connectivity index (χ0n) is 68.0. The topological polar surface area (TPSA) is 878 Å². The minimum atomic E-state index is -2.72. The van der Waals surface area contributed by atoms with Crippen molar-refractivity contribution in [1.29, 1.82) is 0 Å². The van der Waals surface area contributed by atoms with E-state index >= 15 is 0 Å². The van der Waals surface area contributed by atoms with Gasteiger partial charge in [-0.3, -0.25) is 24.0 Å². The van der Waals surface area contributed by atoms with Crippen LogP contribution in [0.5, 0.6) is 0 Å². The molecule has 0 radical (unpaired) electrons. The molecular formula is C70H119N5O51. The van der Waals surface area contributed by atoms with Crippen LogP contribution in [-0.2, 0) is 109 Å². The standard InChI is InChI=1S/C70H119N5O51/c1-17(86)71-22(6-76)37(92)54(23(91)7-77)119-63-34(73-19(3)88)44(99)57(30(14-84)114-63)123-68-53(108)59(42(97)32(118-68)16-109-69-60(49(104)41(96)27(11-81)113-69)125-62-33(72-18(2)87)43(98)38(93)24(8-78)110-62)124-70-61(126-65-36(75-21(5)90)46(101)56(29(13-83)116-65)122-67-51(106)48(103)40(95)26(10-80)112-67)52(107)58(31(15-85)117-70)120-64-35(74-20(4)89)45(100)55(28(12-82)115-64)121-66-50(105)47(102)39(94)25(9-79)111-66/h22-70,76-85,91-108H,6-16H2,1-5H3,(H,71,86)(H,72,87)(H,73,88)(H,74,89)(H,75,90). The van der Waals surface area contributed by atoms with Crippen LogP contribution in [0.4, 0.5) is 0 Å². The van der Waals surface area contributed by atoms with Crippen molar-refractivity contribution in [3.05, 3.63) is 0 Å². The lowest BCUT2D eigenvalue weighted by atomic mass is 9.93. The molecule has 33 N–H and O–H groups in total. The number of aliphatic hydroxyl groups excluding tert-OH is 28. The third-order valence-electron chi connectivity index (χ3n) is 22.5. The Morgan fingerprint density at radius 2 is 0.563 bits per heavy atom. The van der Waals surface area contributed by atoms with Crippen molar-refractivity contribution in [2.75, 3.05) is 72.7 Å². The number of hydrogen-bond donors (Lipinski definition) is 33. The average molecular weight is 1850 g/mol. The minimum Gasteiger partial charge on any atom is -0.394 e. The van der Waals surface area contributed by atoms with Gasteiger partial charge in [0.2, 0.25) is 29.5 Å². The maximum Gasteiger partial charge on any atom is 0.217 e. The first kappa shape index (κ1) is 105. The quantitative estimate of drug-likeness (QED) is 0.0275. The minimum absolute atomic E-state index is 0.838. The van der Waals surface area contributed by atoms with Gasteiger partial charge in [0.15, 0.2) is 56.6 Å². The highest BCUT2D eigenvalue weighted by Crippen LogP contribution is 2.41. The van der Waals surface area contributed by atoms with Crippen LogP contribution in [0.1, 0.15) is 34.6 Å². The molecule has 0 saturated carbocycles. The predicted molar refractivity (Wildman–Crippen MR) is 390 cm³/mol. The number of rotatable bonds is 37. The Morgan fingerprint density at radius 1 is 0.270 bits per heavy atom. The van der Waals surface area contributed by atoms with Crippen molar-refractivity contribution in [1.82, 2.24) is 26.6 Å². The maximum atomic E-state index is 13.3. The van der Waals surface area contributed by atoms with Gasteiger partial charge in [0.25, 0.3) is 0 Å². The Hall–Kier alpha value is -4.49. The molecule has 9 saturated heterocycles. The van der Waals surface area contributed by atoms with E-state index in [0.29, 0.717) is 0 Å². The molecular weight excluding hydrogens is 1730 g/mol. The van der Waals surface area contributed by atoms with E-state index in [2.05, 4.69) is 26.6 Å². The van der Waals surface area contributed by atoms with E-state index in [1.807, 2.05) is 0 Å². The van der Waals surface area contributed by atoms with Crippen molar-refractivity contribution in [3.8, 4) is 0 Å². The Kier molecular flexibility index (Phi) is 39.2. The fraction of sp³-hybridized carbons (Fsp3) is 0.929. The molecule has 9 aliphatic rings. The number of amides is 5. The Balaban J connectivity index is 1.14. The van der Waals surface area contributed by atoms with Gasteiger partial charge in [-0.15, -0.1) is 0 Å². The Morgan fingerprint density at radius 3 is 0.944 bits per heavy atom. The summed E-state index contributed by atoms with van der Waals surface area (Å²) in [5.41, 5.74) is 0. The van der Waals surface area contributed by atoms with Crippen LogP contribution in [0.25, 0.3) is 0 Å². The molecule has 0 aromatic carbocycles. The summed E-state index contributed by atoms with van der Waals surface area (Å²) in [6.45, 7) is -8.26. The van der Waals surface area contributed by atoms with Crippen LogP contribution in [0.15, 0.2) is 0 Å². The van der Waals surface area contributed by atoms with E-state index in [1.165, 1.54) is 0 Å². The van der Waals surface area contributed by atoms with E-state index in [-0.39, 0.29) is 0 Å². The van der Waals surface area contributed by atoms with Crippen molar-refractivity contribution >= 4 is 29.5 Å². The summed E-state index contributed by atoms with van der Waals surface area (Å²) >= 11 is 0. The first-order valence-corrected chi connectivity index (χ1v) is 40.1. The van der Waals surface area contributed by atoms with E-state index in [0.717, 1.165) is 34.6 Å². The van der Waals surface area contributed by atoms with Gasteiger partial charge in [-0.1, -0.05) is 0 Å². The lowest BCUT2D eigenvalue weighted by molar-refractivity contribution is -0.406. The van der Waals surface area contributed by atoms with Gasteiger partial charge in [-0.2, -0.15) is 0 Å². The van der Waals surface area contributed by atoms with Gasteiger partial charge >= 0.3 is 0 Å². The Bertz CT molecular complexity index is 3380. The highest BCUT2D eigenvalue weighted by atomic mass is 16.8. The van der Waals surface area contributed by atoms with E-state index in [9.17, 15) is 167 Å². The van der Waals surface area contributed by atoms with E-state index in [1.54, 1.807) is 0 Å². The maximum absolute atomic E-state index is 13.3. The van der Waals surface area contributed by atoms with Crippen LogP contribution >= 0.6 is 0 Å². The van der Waals surface area contributed by atoms with Crippen LogP contribution in [-0.4, -0.2) is 546 Å². The second kappa shape index (κ2) is 46.9. The zero-order chi connectivity index (χ0) is 93.2. The third kappa shape index (κ3) is 24.0. The number of carbonyl (C=O) groups excluding carboxylic acids is 5. The molecule has 0 spiro atoms. The van der Waals surface area contributed by atoms with Gasteiger partial charge in [0.1, 0.15) is 238 Å². The molecule has 56 heteroatoms. The van der Waals surface area contributed by atoms with E-state index in [4.69, 9.17) is 85.3 Å². The van der Waals surface area contributed by atoms with Crippen molar-refractivity contribution in [2.24, 2.45) is 0 Å². The van der Waals surface area contributed by atoms with Crippen molar-refractivity contribution in [3.63, 3.8) is 0 Å². The highest BCUT2D eigenvalue weighted by molar-refractivity contribution is 5.75. The first-order chi connectivity index (χ1) is 59.6. The number of nitrogens with one attached hydrogen (secondary N) is 5. The summed E-state index contributed by atoms with van der Waals surface area (Å²) < 4.78 is 108. The number of hydrogen-bond acceptors (Lipinski definition) is 51. The Labute approximate surface area is 714 Å². The second-order valence-corrected chi connectivity index (χ2v) is 31.5. The molecule has 9 rings (SSSR count). The van der Waals surface area contributed by atoms with Gasteiger partial charge in [0, 0.05) is 34.6 Å². The molecule has 9 aliphatic heterocycles. The molecule has 5 amide bonds. The molecule has 9 heterocycles. The second-order valence-electron chi connectivity index (χ2n) is 31.5. The first-order valence-electron chi connectivity index (χ1n) is 40.1. The molecule has 0 bridgehead atoms. The lowest BCUT2D eigenvalue weighted by Crippen LogP contribution is -2.71. The summed E-state index contributed by atoms with van der Waals surface area (Å²) in [7, 11) is 0. The molecule has 0 aromatic rings. The summed E-state index contributed by atoms with van der Waals surface area (Å²) in [5, 5.41) is 325. The highest BCUT2D eigenvalue weighted by Gasteiger charge is 2.62. The lowest BCUT2D eigenvalue weighted by Gasteiger charge is -2.52. The van der Waals surface area contributed by atoms with Crippen LogP contribution in [0.3, 0.4) is 0 Å². The zero-order valence-corrected chi connectivity index (χ0v) is 68.0. The third-order valence-corrected chi connectivity index (χ3v) is 22.5. The molecule has 49 atom stereocenters. The fourth-order valence-electron chi connectivity index (χ4n) is 15.9. The molecule has 730 valence electrons. The number of carbonyl (C=O) groups is 5. The van der Waals surface area contributed by atoms with Crippen LogP contribution in [0, 0.1) is 0 Å².